The fraction of sp³-hybridized carbons (Fsp3) is 0.429. The molecule has 2 N–H and O–H groups in total. The monoisotopic (exact) mass is 413 g/mol. The van der Waals surface area contributed by atoms with Crippen LogP contribution in [0.5, 0.6) is 0 Å². The molecule has 9 heteroatoms. The topological polar surface area (TPSA) is 111 Å². The second-order valence-corrected chi connectivity index (χ2v) is 6.61. The Labute approximate surface area is 175 Å². The van der Waals surface area contributed by atoms with E-state index in [0.717, 1.165) is 19.3 Å². The summed E-state index contributed by atoms with van der Waals surface area (Å²) >= 11 is 0. The first-order valence-electron chi connectivity index (χ1n) is 10.1. The normalized spacial score (nSPS) is 12.1. The van der Waals surface area contributed by atoms with Gasteiger partial charge >= 0.3 is 6.03 Å². The van der Waals surface area contributed by atoms with Gasteiger partial charge in [-0.1, -0.05) is 19.8 Å². The fourth-order valence-electron chi connectivity index (χ4n) is 2.86. The summed E-state index contributed by atoms with van der Waals surface area (Å²) in [5, 5.41) is 5.54. The molecule has 160 valence electrons. The summed E-state index contributed by atoms with van der Waals surface area (Å²) < 4.78 is 16.6. The predicted octanol–water partition coefficient (Wildman–Crippen LogP) is 4.28. The van der Waals surface area contributed by atoms with Gasteiger partial charge in [0.1, 0.15) is 17.0 Å². The molecule has 1 atom stereocenters. The minimum Gasteiger partial charge on any atom is -0.454 e. The molecule has 3 aromatic rings. The average Bonchev–Trinajstić information content (AvgIpc) is 3.24. The molecule has 0 radical (unpaired) electrons. The zero-order chi connectivity index (χ0) is 21.3. The Morgan fingerprint density at radius 3 is 2.80 bits per heavy atom. The number of aromatic nitrogens is 3. The number of anilines is 1. The van der Waals surface area contributed by atoms with E-state index in [2.05, 4.69) is 32.5 Å². The van der Waals surface area contributed by atoms with E-state index in [1.807, 2.05) is 6.92 Å². The molecule has 0 aliphatic heterocycles. The first kappa shape index (κ1) is 21.7. The zero-order valence-corrected chi connectivity index (χ0v) is 17.5. The zero-order valence-electron chi connectivity index (χ0n) is 17.5. The van der Waals surface area contributed by atoms with Gasteiger partial charge in [-0.05, 0) is 37.6 Å². The van der Waals surface area contributed by atoms with E-state index in [-0.39, 0.29) is 6.03 Å². The number of urea groups is 1. The van der Waals surface area contributed by atoms with Gasteiger partial charge in [-0.3, -0.25) is 10.3 Å². The van der Waals surface area contributed by atoms with Crippen LogP contribution in [0, 0.1) is 0 Å². The largest absolute Gasteiger partial charge is 0.454 e. The van der Waals surface area contributed by atoms with Crippen LogP contribution >= 0.6 is 0 Å². The minimum atomic E-state index is -0.582. The highest BCUT2D eigenvalue weighted by molar-refractivity contribution is 5.89. The molecule has 0 saturated heterocycles. The van der Waals surface area contributed by atoms with Crippen molar-refractivity contribution in [3.8, 4) is 11.5 Å². The molecular formula is C21H27N5O4. The van der Waals surface area contributed by atoms with Gasteiger partial charge in [0.05, 0.1) is 6.20 Å². The fourth-order valence-corrected chi connectivity index (χ4v) is 2.86. The standard InChI is InChI=1S/C21H27N5O4/c1-4-6-7-12-22-21(27)26-18-11-8-14-19(25-18)24-15(13-23-14)16-9-10-17(30-16)20(28-3)29-5-2/h8-11,13,20H,4-7,12H2,1-3H3,(H2,22,24,25,26,27). The Bertz CT molecular complexity index is 975. The minimum absolute atomic E-state index is 0.292. The van der Waals surface area contributed by atoms with Gasteiger partial charge in [0.15, 0.2) is 17.2 Å². The quantitative estimate of drug-likeness (QED) is 0.377. The van der Waals surface area contributed by atoms with Gasteiger partial charge in [-0.25, -0.2) is 14.8 Å². The Morgan fingerprint density at radius 1 is 1.17 bits per heavy atom. The molecule has 0 aromatic carbocycles. The maximum Gasteiger partial charge on any atom is 0.320 e. The lowest BCUT2D eigenvalue weighted by Gasteiger charge is -2.11. The summed E-state index contributed by atoms with van der Waals surface area (Å²) in [6, 6.07) is 6.72. The smallest absolute Gasteiger partial charge is 0.320 e. The second kappa shape index (κ2) is 10.7. The number of nitrogens with one attached hydrogen (secondary N) is 2. The van der Waals surface area contributed by atoms with Crippen LogP contribution in [0.2, 0.25) is 0 Å². The molecule has 30 heavy (non-hydrogen) atoms. The van der Waals surface area contributed by atoms with Gasteiger partial charge in [-0.2, -0.15) is 0 Å². The van der Waals surface area contributed by atoms with Crippen LogP contribution < -0.4 is 10.6 Å². The van der Waals surface area contributed by atoms with Crippen LogP contribution in [-0.2, 0) is 9.47 Å². The van der Waals surface area contributed by atoms with E-state index in [9.17, 15) is 4.79 Å². The van der Waals surface area contributed by atoms with E-state index in [0.29, 0.717) is 47.3 Å². The number of ether oxygens (including phenoxy) is 2. The molecule has 0 spiro atoms. The lowest BCUT2D eigenvalue weighted by molar-refractivity contribution is -0.134. The molecule has 0 saturated carbocycles. The van der Waals surface area contributed by atoms with Crippen molar-refractivity contribution in [1.29, 1.82) is 0 Å². The summed E-state index contributed by atoms with van der Waals surface area (Å²) in [6.07, 6.45) is 4.16. The molecule has 3 heterocycles. The molecule has 3 aromatic heterocycles. The van der Waals surface area contributed by atoms with Crippen LogP contribution in [0.1, 0.15) is 45.2 Å². The number of furan rings is 1. The van der Waals surface area contributed by atoms with Crippen LogP contribution in [0.3, 0.4) is 0 Å². The number of rotatable bonds is 10. The van der Waals surface area contributed by atoms with Crippen molar-refractivity contribution in [1.82, 2.24) is 20.3 Å². The number of fused-ring (bicyclic) bond motifs is 1. The Hall–Kier alpha value is -3.04. The average molecular weight is 413 g/mol. The van der Waals surface area contributed by atoms with E-state index in [1.165, 1.54) is 0 Å². The van der Waals surface area contributed by atoms with E-state index >= 15 is 0 Å². The van der Waals surface area contributed by atoms with Gasteiger partial charge < -0.3 is 19.2 Å². The number of nitrogens with zero attached hydrogens (tertiary/aromatic N) is 3. The van der Waals surface area contributed by atoms with Gasteiger partial charge in [-0.15, -0.1) is 0 Å². The van der Waals surface area contributed by atoms with Gasteiger partial charge in [0.25, 0.3) is 0 Å². The number of hydrogen-bond acceptors (Lipinski definition) is 7. The first-order chi connectivity index (χ1) is 14.6. The van der Waals surface area contributed by atoms with Crippen LogP contribution in [0.25, 0.3) is 22.6 Å². The summed E-state index contributed by atoms with van der Waals surface area (Å²) in [6.45, 7) is 5.12. The van der Waals surface area contributed by atoms with Crippen LogP contribution in [-0.4, -0.2) is 41.2 Å². The molecule has 1 unspecified atom stereocenters. The number of unbranched alkanes of at least 4 members (excludes halogenated alkanes) is 2. The van der Waals surface area contributed by atoms with Crippen molar-refractivity contribution in [2.45, 2.75) is 39.4 Å². The maximum absolute atomic E-state index is 12.0. The predicted molar refractivity (Wildman–Crippen MR) is 113 cm³/mol. The van der Waals surface area contributed by atoms with Crippen molar-refractivity contribution < 1.29 is 18.7 Å². The summed E-state index contributed by atoms with van der Waals surface area (Å²) in [5.41, 5.74) is 1.54. The summed E-state index contributed by atoms with van der Waals surface area (Å²) in [5.74, 6) is 1.47. The van der Waals surface area contributed by atoms with Crippen molar-refractivity contribution in [3.63, 3.8) is 0 Å². The van der Waals surface area contributed by atoms with Gasteiger partial charge in [0, 0.05) is 20.3 Å². The lowest BCUT2D eigenvalue weighted by atomic mass is 10.2. The number of amides is 2. The number of carbonyl (C=O) groups excluding carboxylic acids is 1. The Kier molecular flexibility index (Phi) is 7.69. The number of carbonyl (C=O) groups is 1. The first-order valence-corrected chi connectivity index (χ1v) is 10.1. The number of hydrogen-bond donors (Lipinski definition) is 2. The third-order valence-corrected chi connectivity index (χ3v) is 4.36. The molecule has 0 aliphatic carbocycles. The highest BCUT2D eigenvalue weighted by Crippen LogP contribution is 2.27. The maximum atomic E-state index is 12.0. The number of methoxy groups -OCH3 is 1. The molecule has 0 aliphatic rings. The van der Waals surface area contributed by atoms with Crippen LogP contribution in [0.15, 0.2) is 34.9 Å². The van der Waals surface area contributed by atoms with Crippen molar-refractivity contribution in [2.24, 2.45) is 0 Å². The molecule has 2 amide bonds. The highest BCUT2D eigenvalue weighted by atomic mass is 16.7. The molecule has 3 rings (SSSR count). The van der Waals surface area contributed by atoms with Gasteiger partial charge in [0.2, 0.25) is 6.29 Å². The summed E-state index contributed by atoms with van der Waals surface area (Å²) in [7, 11) is 1.55. The molecule has 0 bridgehead atoms. The van der Waals surface area contributed by atoms with E-state index in [1.54, 1.807) is 37.6 Å². The SMILES string of the molecule is CCCCCNC(=O)Nc1ccc2ncc(-c3ccc(C(OC)OCC)o3)nc2n1. The molecular weight excluding hydrogens is 386 g/mol. The van der Waals surface area contributed by atoms with Crippen LogP contribution in [0.4, 0.5) is 10.6 Å². The molecule has 0 fully saturated rings. The Morgan fingerprint density at radius 2 is 2.03 bits per heavy atom. The van der Waals surface area contributed by atoms with Crippen molar-refractivity contribution in [2.75, 3.05) is 25.6 Å². The second-order valence-electron chi connectivity index (χ2n) is 6.61. The van der Waals surface area contributed by atoms with E-state index in [4.69, 9.17) is 13.9 Å². The summed E-state index contributed by atoms with van der Waals surface area (Å²) in [4.78, 5) is 25.3. The van der Waals surface area contributed by atoms with Crippen molar-refractivity contribution >= 4 is 23.0 Å². The van der Waals surface area contributed by atoms with Crippen molar-refractivity contribution in [3.05, 3.63) is 36.2 Å². The number of pyridine rings is 1. The molecule has 9 nitrogen and oxygen atoms in total. The highest BCUT2D eigenvalue weighted by Gasteiger charge is 2.17. The third-order valence-electron chi connectivity index (χ3n) is 4.36. The Balaban J connectivity index is 1.74. The van der Waals surface area contributed by atoms with E-state index < -0.39 is 6.29 Å². The third kappa shape index (κ3) is 5.52. The lowest BCUT2D eigenvalue weighted by Crippen LogP contribution is -2.29.